The molecule has 2 heterocycles. The summed E-state index contributed by atoms with van der Waals surface area (Å²) >= 11 is 0. The van der Waals surface area contributed by atoms with Crippen LogP contribution >= 0.6 is 0 Å². The molecular formula is C14H15N3O3. The predicted molar refractivity (Wildman–Crippen MR) is 74.9 cm³/mol. The van der Waals surface area contributed by atoms with E-state index in [4.69, 9.17) is 4.74 Å². The normalized spacial score (nSPS) is 18.9. The smallest absolute Gasteiger partial charge is 0.279 e. The third-order valence-electron chi connectivity index (χ3n) is 3.45. The van der Waals surface area contributed by atoms with Crippen molar-refractivity contribution in [3.8, 4) is 5.75 Å². The molecule has 1 saturated heterocycles. The lowest BCUT2D eigenvalue weighted by molar-refractivity contribution is -0.383. The van der Waals surface area contributed by atoms with Crippen LogP contribution in [0.25, 0.3) is 10.9 Å². The molecule has 1 aliphatic rings. The second-order valence-electron chi connectivity index (χ2n) is 4.83. The Morgan fingerprint density at radius 3 is 3.05 bits per heavy atom. The number of pyridine rings is 1. The summed E-state index contributed by atoms with van der Waals surface area (Å²) < 4.78 is 5.96. The van der Waals surface area contributed by atoms with Crippen LogP contribution in [0.2, 0.25) is 0 Å². The highest BCUT2D eigenvalue weighted by Gasteiger charge is 2.19. The van der Waals surface area contributed by atoms with Gasteiger partial charge in [0, 0.05) is 18.8 Å². The van der Waals surface area contributed by atoms with Crippen LogP contribution in [0.4, 0.5) is 5.69 Å². The first-order valence-corrected chi connectivity index (χ1v) is 6.65. The van der Waals surface area contributed by atoms with E-state index in [1.165, 1.54) is 6.07 Å². The minimum absolute atomic E-state index is 0.0576. The molecule has 3 rings (SSSR count). The molecule has 1 aromatic heterocycles. The first-order chi connectivity index (χ1) is 9.75. The van der Waals surface area contributed by atoms with Crippen molar-refractivity contribution >= 4 is 16.6 Å². The number of nitrogens with one attached hydrogen (secondary N) is 1. The molecule has 0 amide bonds. The molecular weight excluding hydrogens is 258 g/mol. The summed E-state index contributed by atoms with van der Waals surface area (Å²) in [6.07, 6.45) is 3.77. The van der Waals surface area contributed by atoms with Gasteiger partial charge in [-0.05, 0) is 37.6 Å². The van der Waals surface area contributed by atoms with E-state index in [-0.39, 0.29) is 11.8 Å². The molecule has 1 N–H and O–H groups in total. The van der Waals surface area contributed by atoms with Crippen molar-refractivity contribution in [1.82, 2.24) is 10.3 Å². The highest BCUT2D eigenvalue weighted by atomic mass is 16.6. The largest absolute Gasteiger partial charge is 0.487 e. The second kappa shape index (κ2) is 5.42. The van der Waals surface area contributed by atoms with Gasteiger partial charge in [-0.2, -0.15) is 0 Å². The SMILES string of the molecule is O=[N+]([O-])c1ccc(OC2CCCNC2)c2ncccc12. The Labute approximate surface area is 115 Å². The van der Waals surface area contributed by atoms with Crippen molar-refractivity contribution in [1.29, 1.82) is 0 Å². The number of ether oxygens (including phenoxy) is 1. The predicted octanol–water partition coefficient (Wildman–Crippen LogP) is 2.27. The molecule has 6 nitrogen and oxygen atoms in total. The Hall–Kier alpha value is -2.21. The van der Waals surface area contributed by atoms with Crippen molar-refractivity contribution in [2.75, 3.05) is 13.1 Å². The highest BCUT2D eigenvalue weighted by molar-refractivity contribution is 5.92. The molecule has 2 aromatic rings. The van der Waals surface area contributed by atoms with E-state index in [0.717, 1.165) is 25.9 Å². The number of nitro benzene ring substituents is 1. The quantitative estimate of drug-likeness (QED) is 0.685. The lowest BCUT2D eigenvalue weighted by atomic mass is 10.1. The fraction of sp³-hybridized carbons (Fsp3) is 0.357. The maximum atomic E-state index is 11.0. The van der Waals surface area contributed by atoms with E-state index in [2.05, 4.69) is 10.3 Å². The molecule has 1 aromatic carbocycles. The third-order valence-corrected chi connectivity index (χ3v) is 3.45. The molecule has 104 valence electrons. The van der Waals surface area contributed by atoms with E-state index in [0.29, 0.717) is 16.7 Å². The summed E-state index contributed by atoms with van der Waals surface area (Å²) in [4.78, 5) is 14.9. The van der Waals surface area contributed by atoms with Crippen molar-refractivity contribution in [2.24, 2.45) is 0 Å². The molecule has 20 heavy (non-hydrogen) atoms. The zero-order valence-corrected chi connectivity index (χ0v) is 10.9. The standard InChI is InChI=1S/C14H15N3O3/c18-17(19)12-5-6-13(14-11(12)4-2-8-16-14)20-10-3-1-7-15-9-10/h2,4-6,8,10,15H,1,3,7,9H2. The Kier molecular flexibility index (Phi) is 3.47. The maximum Gasteiger partial charge on any atom is 0.279 e. The summed E-state index contributed by atoms with van der Waals surface area (Å²) in [5.41, 5.74) is 0.606. The Bertz CT molecular complexity index is 639. The molecule has 0 bridgehead atoms. The van der Waals surface area contributed by atoms with Crippen LogP contribution in [-0.2, 0) is 0 Å². The Morgan fingerprint density at radius 1 is 1.40 bits per heavy atom. The number of non-ortho nitro benzene ring substituents is 1. The van der Waals surface area contributed by atoms with Crippen LogP contribution in [0.5, 0.6) is 5.75 Å². The summed E-state index contributed by atoms with van der Waals surface area (Å²) in [7, 11) is 0. The van der Waals surface area contributed by atoms with Gasteiger partial charge in [0.1, 0.15) is 17.4 Å². The molecule has 1 fully saturated rings. The number of benzene rings is 1. The van der Waals surface area contributed by atoms with Crippen LogP contribution in [0.3, 0.4) is 0 Å². The van der Waals surface area contributed by atoms with Gasteiger partial charge in [-0.15, -0.1) is 0 Å². The lowest BCUT2D eigenvalue weighted by Gasteiger charge is -2.24. The number of rotatable bonds is 3. The van der Waals surface area contributed by atoms with Gasteiger partial charge in [0.15, 0.2) is 0 Å². The van der Waals surface area contributed by atoms with E-state index in [1.54, 1.807) is 24.4 Å². The summed E-state index contributed by atoms with van der Waals surface area (Å²) in [5.74, 6) is 0.611. The lowest BCUT2D eigenvalue weighted by Crippen LogP contribution is -2.37. The van der Waals surface area contributed by atoms with E-state index >= 15 is 0 Å². The van der Waals surface area contributed by atoms with Crippen molar-refractivity contribution in [3.63, 3.8) is 0 Å². The van der Waals surface area contributed by atoms with Gasteiger partial charge >= 0.3 is 0 Å². The van der Waals surface area contributed by atoms with Crippen molar-refractivity contribution in [2.45, 2.75) is 18.9 Å². The zero-order chi connectivity index (χ0) is 13.9. The summed E-state index contributed by atoms with van der Waals surface area (Å²) in [6.45, 7) is 1.81. The molecule has 0 spiro atoms. The molecule has 1 unspecified atom stereocenters. The van der Waals surface area contributed by atoms with Crippen LogP contribution in [0.15, 0.2) is 30.5 Å². The minimum atomic E-state index is -0.393. The average Bonchev–Trinajstić information content (AvgIpc) is 2.48. The van der Waals surface area contributed by atoms with Crippen molar-refractivity contribution < 1.29 is 9.66 Å². The Morgan fingerprint density at radius 2 is 2.30 bits per heavy atom. The monoisotopic (exact) mass is 273 g/mol. The number of nitro groups is 1. The fourth-order valence-electron chi connectivity index (χ4n) is 2.49. The Balaban J connectivity index is 1.99. The van der Waals surface area contributed by atoms with Gasteiger partial charge in [0.25, 0.3) is 5.69 Å². The first kappa shape index (κ1) is 12.8. The molecule has 1 atom stereocenters. The van der Waals surface area contributed by atoms with Gasteiger partial charge < -0.3 is 10.1 Å². The topological polar surface area (TPSA) is 77.3 Å². The van der Waals surface area contributed by atoms with Crippen LogP contribution in [-0.4, -0.2) is 29.1 Å². The highest BCUT2D eigenvalue weighted by Crippen LogP contribution is 2.32. The van der Waals surface area contributed by atoms with Crippen LogP contribution in [0, 0.1) is 10.1 Å². The van der Waals surface area contributed by atoms with Gasteiger partial charge in [-0.1, -0.05) is 0 Å². The zero-order valence-electron chi connectivity index (χ0n) is 10.9. The van der Waals surface area contributed by atoms with E-state index in [9.17, 15) is 10.1 Å². The fourth-order valence-corrected chi connectivity index (χ4v) is 2.49. The first-order valence-electron chi connectivity index (χ1n) is 6.65. The van der Waals surface area contributed by atoms with Crippen LogP contribution in [0.1, 0.15) is 12.8 Å². The number of hydrogen-bond donors (Lipinski definition) is 1. The van der Waals surface area contributed by atoms with E-state index < -0.39 is 4.92 Å². The number of fused-ring (bicyclic) bond motifs is 1. The van der Waals surface area contributed by atoms with E-state index in [1.807, 2.05) is 0 Å². The number of hydrogen-bond acceptors (Lipinski definition) is 5. The molecule has 6 heteroatoms. The molecule has 0 aliphatic carbocycles. The molecule has 1 aliphatic heterocycles. The second-order valence-corrected chi connectivity index (χ2v) is 4.83. The maximum absolute atomic E-state index is 11.0. The van der Waals surface area contributed by atoms with Crippen LogP contribution < -0.4 is 10.1 Å². The summed E-state index contributed by atoms with van der Waals surface area (Å²) in [6, 6.07) is 6.52. The van der Waals surface area contributed by atoms with Gasteiger partial charge in [-0.25, -0.2) is 0 Å². The third kappa shape index (κ3) is 2.42. The number of piperidine rings is 1. The van der Waals surface area contributed by atoms with Gasteiger partial charge in [0.2, 0.25) is 0 Å². The molecule has 0 radical (unpaired) electrons. The van der Waals surface area contributed by atoms with Crippen molar-refractivity contribution in [3.05, 3.63) is 40.6 Å². The average molecular weight is 273 g/mol. The van der Waals surface area contributed by atoms with Gasteiger partial charge in [-0.3, -0.25) is 15.1 Å². The molecule has 0 saturated carbocycles. The van der Waals surface area contributed by atoms with Gasteiger partial charge in [0.05, 0.1) is 10.3 Å². The summed E-state index contributed by atoms with van der Waals surface area (Å²) in [5, 5.41) is 14.8. The minimum Gasteiger partial charge on any atom is -0.487 e. The number of aromatic nitrogens is 1. The number of nitrogens with zero attached hydrogens (tertiary/aromatic N) is 2.